The Hall–Kier alpha value is 0.727. The first kappa shape index (κ1) is 9.87. The van der Waals surface area contributed by atoms with Crippen LogP contribution in [0.15, 0.2) is 0 Å². The molecule has 0 aliphatic rings. The van der Waals surface area contributed by atoms with Crippen molar-refractivity contribution in [2.45, 2.75) is 0 Å². The van der Waals surface area contributed by atoms with Crippen molar-refractivity contribution >= 4 is 18.9 Å². The van der Waals surface area contributed by atoms with Crippen LogP contribution in [0, 0.1) is 10.2 Å². The summed E-state index contributed by atoms with van der Waals surface area (Å²) in [5.74, 6) is 0. The Bertz CT molecular complexity index is 23.0. The summed E-state index contributed by atoms with van der Waals surface area (Å²) >= 11 is 0. The Balaban J connectivity index is 0. The third kappa shape index (κ3) is 124. The van der Waals surface area contributed by atoms with E-state index in [0.29, 0.717) is 0 Å². The molecule has 0 saturated heterocycles. The van der Waals surface area contributed by atoms with E-state index in [1.54, 1.807) is 0 Å². The predicted molar refractivity (Wildman–Crippen MR) is 7.97 cm³/mol. The molecule has 0 unspecified atom stereocenters. The first-order chi connectivity index (χ1) is 2.00. The largest absolute Gasteiger partial charge is 0.183 e. The maximum Gasteiger partial charge on any atom is 0.0777 e. The van der Waals surface area contributed by atoms with Crippen molar-refractivity contribution in [3.8, 4) is 0 Å². The molecule has 0 saturated carbocycles. The van der Waals surface area contributed by atoms with Crippen LogP contribution in [0.25, 0.3) is 0 Å². The summed E-state index contributed by atoms with van der Waals surface area (Å²) < 4.78 is 32.7. The SMILES string of the molecule is [Li].[O-][Cl+3]([O-])([O-])O. The Morgan fingerprint density at radius 3 is 1.17 bits per heavy atom. The van der Waals surface area contributed by atoms with Crippen LogP contribution >= 0.6 is 0 Å². The third-order valence-electron chi connectivity index (χ3n) is 0. The van der Waals surface area contributed by atoms with Gasteiger partial charge in [0.15, 0.2) is 0 Å². The van der Waals surface area contributed by atoms with Gasteiger partial charge >= 0.3 is 0 Å². The van der Waals surface area contributed by atoms with E-state index < -0.39 is 10.2 Å². The minimum atomic E-state index is -4.69. The molecule has 0 spiro atoms. The fourth-order valence-corrected chi connectivity index (χ4v) is 0. The topological polar surface area (TPSA) is 89.4 Å². The van der Waals surface area contributed by atoms with Crippen molar-refractivity contribution < 1.29 is 28.9 Å². The second kappa shape index (κ2) is 2.83. The van der Waals surface area contributed by atoms with E-state index in [1.165, 1.54) is 0 Å². The summed E-state index contributed by atoms with van der Waals surface area (Å²) in [6, 6.07) is 0. The number of hydrogen-bond donors (Lipinski definition) is 1. The normalized spacial score (nSPS) is 10.0. The van der Waals surface area contributed by atoms with Crippen LogP contribution in [0.4, 0.5) is 0 Å². The molecule has 0 bridgehead atoms. The monoisotopic (exact) mass is 107 g/mol. The quantitative estimate of drug-likeness (QED) is 0.316. The van der Waals surface area contributed by atoms with Gasteiger partial charge < -0.3 is 0 Å². The van der Waals surface area contributed by atoms with Crippen LogP contribution in [0.5, 0.6) is 0 Å². The van der Waals surface area contributed by atoms with Gasteiger partial charge in [-0.15, -0.1) is 0 Å². The zero-order chi connectivity index (χ0) is 4.50. The van der Waals surface area contributed by atoms with E-state index in [-0.39, 0.29) is 18.9 Å². The van der Waals surface area contributed by atoms with Gasteiger partial charge in [0.25, 0.3) is 0 Å². The van der Waals surface area contributed by atoms with Crippen LogP contribution < -0.4 is 14.0 Å². The number of halogens is 1. The molecule has 6 heteroatoms. The maximum atomic E-state index is 8.60. The maximum absolute atomic E-state index is 8.60. The molecule has 0 aromatic rings. The van der Waals surface area contributed by atoms with Crippen LogP contribution in [0.1, 0.15) is 0 Å². The van der Waals surface area contributed by atoms with E-state index >= 15 is 0 Å². The molecular weight excluding hydrogens is 106 g/mol. The molecule has 0 aliphatic carbocycles. The summed E-state index contributed by atoms with van der Waals surface area (Å²) in [4.78, 5) is 0. The van der Waals surface area contributed by atoms with Gasteiger partial charge in [-0.05, 0) is 0 Å². The Kier molecular flexibility index (Phi) is 4.65. The summed E-state index contributed by atoms with van der Waals surface area (Å²) in [7, 11) is -4.69. The molecule has 4 nitrogen and oxygen atoms in total. The van der Waals surface area contributed by atoms with Crippen molar-refractivity contribution in [2.24, 2.45) is 0 Å². The smallest absolute Gasteiger partial charge is 0.0777 e. The van der Waals surface area contributed by atoms with Crippen molar-refractivity contribution in [2.75, 3.05) is 0 Å². The Morgan fingerprint density at radius 2 is 1.17 bits per heavy atom. The van der Waals surface area contributed by atoms with Crippen molar-refractivity contribution in [3.63, 3.8) is 0 Å². The summed E-state index contributed by atoms with van der Waals surface area (Å²) in [6.07, 6.45) is 0. The zero-order valence-corrected chi connectivity index (χ0v) is 3.81. The molecule has 6 heavy (non-hydrogen) atoms. The van der Waals surface area contributed by atoms with Gasteiger partial charge in [0, 0.05) is 18.9 Å². The van der Waals surface area contributed by atoms with Gasteiger partial charge in [-0.2, -0.15) is 14.0 Å². The number of hydrogen-bond acceptors (Lipinski definition) is 4. The van der Waals surface area contributed by atoms with Gasteiger partial charge in [0.2, 0.25) is 0 Å². The molecule has 0 fully saturated rings. The van der Waals surface area contributed by atoms with Crippen molar-refractivity contribution in [3.05, 3.63) is 0 Å². The standard InChI is InChI=1S/ClHO4.Li/c2-1(3,4)5;/h(H,2,3,4,5);. The summed E-state index contributed by atoms with van der Waals surface area (Å²) in [5, 5.41) is 0. The molecule has 1 radical (unpaired) electrons. The van der Waals surface area contributed by atoms with E-state index in [2.05, 4.69) is 0 Å². The molecule has 0 heterocycles. The molecule has 0 aromatic heterocycles. The van der Waals surface area contributed by atoms with Crippen LogP contribution in [-0.2, 0) is 0 Å². The molecule has 1 N–H and O–H groups in total. The van der Waals surface area contributed by atoms with E-state index in [4.69, 9.17) is 18.6 Å². The molecule has 0 amide bonds. The average molecular weight is 107 g/mol. The van der Waals surface area contributed by atoms with Gasteiger partial charge in [-0.1, -0.05) is 0 Å². The Labute approximate surface area is 48.3 Å². The Morgan fingerprint density at radius 1 is 1.17 bits per heavy atom. The fourth-order valence-electron chi connectivity index (χ4n) is 0. The fraction of sp³-hybridized carbons (Fsp3) is 0. The molecular formula is HClLiO4. The third-order valence-corrected chi connectivity index (χ3v) is 0. The van der Waals surface area contributed by atoms with Crippen LogP contribution in [-0.4, -0.2) is 23.5 Å². The molecule has 0 atom stereocenters. The van der Waals surface area contributed by atoms with E-state index in [0.717, 1.165) is 0 Å². The molecule has 0 rings (SSSR count). The second-order valence-corrected chi connectivity index (χ2v) is 1.19. The number of rotatable bonds is 0. The van der Waals surface area contributed by atoms with Crippen molar-refractivity contribution in [1.29, 1.82) is 0 Å². The van der Waals surface area contributed by atoms with Gasteiger partial charge in [0.05, 0.1) is 14.9 Å². The molecule has 0 aliphatic heterocycles. The minimum Gasteiger partial charge on any atom is -0.183 e. The van der Waals surface area contributed by atoms with E-state index in [9.17, 15) is 0 Å². The first-order valence-corrected chi connectivity index (χ1v) is 1.90. The van der Waals surface area contributed by atoms with Gasteiger partial charge in [-0.3, -0.25) is 0 Å². The second-order valence-electron chi connectivity index (χ2n) is 0.396. The van der Waals surface area contributed by atoms with Crippen LogP contribution in [0.2, 0.25) is 0 Å². The van der Waals surface area contributed by atoms with E-state index in [1.807, 2.05) is 0 Å². The zero-order valence-electron chi connectivity index (χ0n) is 3.05. The van der Waals surface area contributed by atoms with Gasteiger partial charge in [-0.25, -0.2) is 0 Å². The predicted octanol–water partition coefficient (Wildman–Crippen LogP) is -4.50. The molecule has 0 aromatic carbocycles. The summed E-state index contributed by atoms with van der Waals surface area (Å²) in [5.41, 5.74) is 0. The van der Waals surface area contributed by atoms with Gasteiger partial charge in [0.1, 0.15) is 0 Å². The van der Waals surface area contributed by atoms with Crippen molar-refractivity contribution in [1.82, 2.24) is 0 Å². The average Bonchev–Trinajstić information content (AvgIpc) is 0.722. The minimum absolute atomic E-state index is 0. The first-order valence-electron chi connectivity index (χ1n) is 0.632. The van der Waals surface area contributed by atoms with Crippen LogP contribution in [0.3, 0.4) is 0 Å². The summed E-state index contributed by atoms with van der Waals surface area (Å²) in [6.45, 7) is 0. The molecule has 33 valence electrons.